The Morgan fingerprint density at radius 1 is 0.556 bits per heavy atom. The van der Waals surface area contributed by atoms with E-state index in [0.29, 0.717) is 0 Å². The Labute approximate surface area is 160 Å². The van der Waals surface area contributed by atoms with E-state index in [9.17, 15) is 0 Å². The lowest BCUT2D eigenvalue weighted by atomic mass is 10.1. The number of hydrogen-bond acceptors (Lipinski definition) is 7. The Hall–Kier alpha value is -2.44. The van der Waals surface area contributed by atoms with Gasteiger partial charge in [-0.1, -0.05) is 0 Å². The summed E-state index contributed by atoms with van der Waals surface area (Å²) in [5.41, 5.74) is 2.59. The monoisotopic (exact) mass is 365 g/mol. The van der Waals surface area contributed by atoms with Gasteiger partial charge in [-0.3, -0.25) is 0 Å². The lowest BCUT2D eigenvalue weighted by Gasteiger charge is -2.36. The van der Waals surface area contributed by atoms with E-state index in [1.165, 1.54) is 36.9 Å². The minimum atomic E-state index is 0.941. The predicted molar refractivity (Wildman–Crippen MR) is 107 cm³/mol. The van der Waals surface area contributed by atoms with Crippen LogP contribution in [0.25, 0.3) is 0 Å². The highest BCUT2D eigenvalue weighted by atomic mass is 15.4. The standard InChI is InChI=1S/C20H27N7/c1-2-9-25(10-3-1)18-7-8-19(23-22-18)26-11-13-27(14-12-26)20-15-16-5-4-6-17(16)21-24-20/h7-8,15H,1-6,9-14H2. The van der Waals surface area contributed by atoms with Crippen molar-refractivity contribution in [2.75, 3.05) is 54.0 Å². The van der Waals surface area contributed by atoms with Crippen molar-refractivity contribution in [1.82, 2.24) is 20.4 Å². The molecule has 0 radical (unpaired) electrons. The van der Waals surface area contributed by atoms with Gasteiger partial charge in [-0.2, -0.15) is 5.10 Å². The van der Waals surface area contributed by atoms with Gasteiger partial charge in [0.15, 0.2) is 17.5 Å². The van der Waals surface area contributed by atoms with E-state index in [4.69, 9.17) is 0 Å². The van der Waals surface area contributed by atoms with Crippen LogP contribution in [-0.4, -0.2) is 59.7 Å². The zero-order chi connectivity index (χ0) is 18.1. The summed E-state index contributed by atoms with van der Waals surface area (Å²) < 4.78 is 0. The Balaban J connectivity index is 1.21. The molecule has 2 fully saturated rings. The number of nitrogens with zero attached hydrogens (tertiary/aromatic N) is 7. The first-order valence-corrected chi connectivity index (χ1v) is 10.3. The third-order valence-electron chi connectivity index (χ3n) is 6.05. The number of aryl methyl sites for hydroxylation is 2. The molecule has 7 nitrogen and oxygen atoms in total. The van der Waals surface area contributed by atoms with Crippen molar-refractivity contribution in [3.63, 3.8) is 0 Å². The normalized spacial score (nSPS) is 20.1. The molecule has 4 heterocycles. The number of anilines is 3. The van der Waals surface area contributed by atoms with Crippen LogP contribution in [0.2, 0.25) is 0 Å². The van der Waals surface area contributed by atoms with Crippen LogP contribution in [-0.2, 0) is 12.8 Å². The molecule has 0 aromatic carbocycles. The van der Waals surface area contributed by atoms with E-state index in [1.807, 2.05) is 0 Å². The molecule has 2 saturated heterocycles. The molecule has 0 amide bonds. The van der Waals surface area contributed by atoms with Crippen molar-refractivity contribution in [2.45, 2.75) is 38.5 Å². The number of piperidine rings is 1. The lowest BCUT2D eigenvalue weighted by Crippen LogP contribution is -2.47. The number of fused-ring (bicyclic) bond motifs is 1. The van der Waals surface area contributed by atoms with Gasteiger partial charge in [-0.05, 0) is 62.3 Å². The van der Waals surface area contributed by atoms with Crippen molar-refractivity contribution >= 4 is 17.5 Å². The Morgan fingerprint density at radius 2 is 1.15 bits per heavy atom. The highest BCUT2D eigenvalue weighted by Gasteiger charge is 2.22. The predicted octanol–water partition coefficient (Wildman–Crippen LogP) is 2.07. The maximum Gasteiger partial charge on any atom is 0.151 e. The van der Waals surface area contributed by atoms with Crippen LogP contribution >= 0.6 is 0 Å². The minimum Gasteiger partial charge on any atom is -0.355 e. The molecule has 0 unspecified atom stereocenters. The number of hydrogen-bond donors (Lipinski definition) is 0. The fraction of sp³-hybridized carbons (Fsp3) is 0.600. The highest BCUT2D eigenvalue weighted by molar-refractivity contribution is 5.48. The first-order chi connectivity index (χ1) is 13.4. The summed E-state index contributed by atoms with van der Waals surface area (Å²) >= 11 is 0. The molecule has 1 aliphatic carbocycles. The molecular weight excluding hydrogens is 338 g/mol. The van der Waals surface area contributed by atoms with Crippen molar-refractivity contribution in [3.05, 3.63) is 29.5 Å². The smallest absolute Gasteiger partial charge is 0.151 e. The lowest BCUT2D eigenvalue weighted by molar-refractivity contribution is 0.570. The second-order valence-electron chi connectivity index (χ2n) is 7.80. The second kappa shape index (κ2) is 7.29. The van der Waals surface area contributed by atoms with E-state index >= 15 is 0 Å². The third kappa shape index (κ3) is 3.42. The summed E-state index contributed by atoms with van der Waals surface area (Å²) in [7, 11) is 0. The molecule has 2 aromatic heterocycles. The van der Waals surface area contributed by atoms with E-state index in [0.717, 1.165) is 69.6 Å². The number of piperazine rings is 1. The van der Waals surface area contributed by atoms with Gasteiger partial charge in [0.05, 0.1) is 5.69 Å². The molecule has 0 saturated carbocycles. The zero-order valence-electron chi connectivity index (χ0n) is 15.8. The van der Waals surface area contributed by atoms with E-state index in [1.54, 1.807) is 0 Å². The summed E-state index contributed by atoms with van der Waals surface area (Å²) in [6, 6.07) is 6.51. The molecule has 0 N–H and O–H groups in total. The molecule has 2 aliphatic heterocycles. The molecule has 5 rings (SSSR count). The van der Waals surface area contributed by atoms with Crippen LogP contribution in [0.4, 0.5) is 17.5 Å². The van der Waals surface area contributed by atoms with Crippen molar-refractivity contribution in [3.8, 4) is 0 Å². The summed E-state index contributed by atoms with van der Waals surface area (Å²) in [4.78, 5) is 7.02. The van der Waals surface area contributed by atoms with Gasteiger partial charge in [-0.25, -0.2) is 0 Å². The van der Waals surface area contributed by atoms with Crippen LogP contribution in [0.1, 0.15) is 36.9 Å². The van der Waals surface area contributed by atoms with Crippen molar-refractivity contribution < 1.29 is 0 Å². The highest BCUT2D eigenvalue weighted by Crippen LogP contribution is 2.24. The van der Waals surface area contributed by atoms with Gasteiger partial charge < -0.3 is 14.7 Å². The molecule has 7 heteroatoms. The van der Waals surface area contributed by atoms with Gasteiger partial charge in [0, 0.05) is 39.3 Å². The molecule has 142 valence electrons. The number of aromatic nitrogens is 4. The van der Waals surface area contributed by atoms with Crippen LogP contribution in [0.15, 0.2) is 18.2 Å². The van der Waals surface area contributed by atoms with E-state index in [-0.39, 0.29) is 0 Å². The molecule has 27 heavy (non-hydrogen) atoms. The molecule has 0 bridgehead atoms. The average Bonchev–Trinajstić information content (AvgIpc) is 3.23. The van der Waals surface area contributed by atoms with Gasteiger partial charge in [0.2, 0.25) is 0 Å². The minimum absolute atomic E-state index is 0.941. The molecule has 0 spiro atoms. The van der Waals surface area contributed by atoms with Crippen LogP contribution in [0, 0.1) is 0 Å². The Bertz CT molecular complexity index is 777. The fourth-order valence-corrected chi connectivity index (χ4v) is 4.41. The first kappa shape index (κ1) is 16.7. The van der Waals surface area contributed by atoms with Gasteiger partial charge in [-0.15, -0.1) is 15.3 Å². The SMILES string of the molecule is c1cc(N2CCN(c3cc4c(nn3)CCC4)CC2)nnc1N1CCCCC1. The molecule has 0 atom stereocenters. The zero-order valence-corrected chi connectivity index (χ0v) is 15.8. The van der Waals surface area contributed by atoms with Crippen molar-refractivity contribution in [1.29, 1.82) is 0 Å². The van der Waals surface area contributed by atoms with E-state index in [2.05, 4.69) is 53.3 Å². The molecule has 3 aliphatic rings. The van der Waals surface area contributed by atoms with Crippen molar-refractivity contribution in [2.24, 2.45) is 0 Å². The van der Waals surface area contributed by atoms with Gasteiger partial charge in [0.25, 0.3) is 0 Å². The Morgan fingerprint density at radius 3 is 1.81 bits per heavy atom. The van der Waals surface area contributed by atoms with E-state index < -0.39 is 0 Å². The van der Waals surface area contributed by atoms with Crippen LogP contribution in [0.5, 0.6) is 0 Å². The number of rotatable bonds is 3. The van der Waals surface area contributed by atoms with Crippen LogP contribution in [0.3, 0.4) is 0 Å². The maximum atomic E-state index is 4.51. The van der Waals surface area contributed by atoms with Gasteiger partial charge in [0.1, 0.15) is 0 Å². The van der Waals surface area contributed by atoms with Gasteiger partial charge >= 0.3 is 0 Å². The maximum absolute atomic E-state index is 4.51. The first-order valence-electron chi connectivity index (χ1n) is 10.3. The largest absolute Gasteiger partial charge is 0.355 e. The summed E-state index contributed by atoms with van der Waals surface area (Å²) in [6.07, 6.45) is 7.31. The molecular formula is C20H27N7. The third-order valence-corrected chi connectivity index (χ3v) is 6.05. The Kier molecular flexibility index (Phi) is 4.51. The summed E-state index contributed by atoms with van der Waals surface area (Å²) in [5, 5.41) is 17.9. The summed E-state index contributed by atoms with van der Waals surface area (Å²) in [6.45, 7) is 5.99. The topological polar surface area (TPSA) is 61.3 Å². The average molecular weight is 365 g/mol. The summed E-state index contributed by atoms with van der Waals surface area (Å²) in [5.74, 6) is 3.03. The van der Waals surface area contributed by atoms with Crippen LogP contribution < -0.4 is 14.7 Å². The quantitative estimate of drug-likeness (QED) is 0.825. The second-order valence-corrected chi connectivity index (χ2v) is 7.80. The fourth-order valence-electron chi connectivity index (χ4n) is 4.41. The molecule has 2 aromatic rings.